The number of Topliss-reactive ketones (excluding diaryl/α,β-unsaturated/α-hetero) is 1. The van der Waals surface area contributed by atoms with Crippen molar-refractivity contribution in [1.29, 1.82) is 0 Å². The molecule has 0 spiro atoms. The van der Waals surface area contributed by atoms with E-state index in [1.54, 1.807) is 49.1 Å². The molecule has 1 aliphatic rings. The predicted octanol–water partition coefficient (Wildman–Crippen LogP) is 3.86. The Morgan fingerprint density at radius 3 is 2.68 bits per heavy atom. The molecule has 2 aromatic heterocycles. The number of aliphatic hydroxyl groups is 1. The standard InChI is InChI=1S/C27H27N3O4/c1-17(2)16-34-21-8-9-22(18(3)12-21)25(31)23-24(20-7-5-11-29-14-20)30(27(33)26(23)32)15-19-6-4-10-28-13-19/h4-14,17,24,31H,15-16H2,1-3H3/p+1. The Kier molecular flexibility index (Phi) is 6.72. The lowest BCUT2D eigenvalue weighted by atomic mass is 9.94. The molecule has 7 heteroatoms. The van der Waals surface area contributed by atoms with Crippen LogP contribution in [0.2, 0.25) is 0 Å². The number of carbonyl (C=O) groups excluding carboxylic acids is 2. The number of pyridine rings is 2. The van der Waals surface area contributed by atoms with E-state index in [4.69, 9.17) is 4.74 Å². The maximum atomic E-state index is 13.2. The molecule has 174 valence electrons. The first-order valence-electron chi connectivity index (χ1n) is 11.2. The third-order valence-electron chi connectivity index (χ3n) is 5.70. The highest BCUT2D eigenvalue weighted by Crippen LogP contribution is 2.40. The quantitative estimate of drug-likeness (QED) is 0.330. The van der Waals surface area contributed by atoms with E-state index in [1.807, 2.05) is 25.1 Å². The van der Waals surface area contributed by atoms with Gasteiger partial charge in [0.25, 0.3) is 11.7 Å². The number of likely N-dealkylation sites (tertiary alicyclic amines) is 1. The SMILES string of the molecule is Cc1cc(OCC(C)C)ccc1C(O)=C1C(=O)C(=O)N(Cc2cccnc2)C1c1ccc[nH+]c1. The van der Waals surface area contributed by atoms with Crippen molar-refractivity contribution >= 4 is 17.4 Å². The summed E-state index contributed by atoms with van der Waals surface area (Å²) >= 11 is 0. The van der Waals surface area contributed by atoms with Gasteiger partial charge in [0, 0.05) is 36.1 Å². The molecule has 1 fully saturated rings. The number of ketones is 1. The van der Waals surface area contributed by atoms with E-state index in [2.05, 4.69) is 23.8 Å². The van der Waals surface area contributed by atoms with Crippen molar-refractivity contribution in [1.82, 2.24) is 9.88 Å². The van der Waals surface area contributed by atoms with E-state index in [1.165, 1.54) is 4.90 Å². The Hall–Kier alpha value is -4.00. The number of nitrogens with one attached hydrogen (secondary N) is 1. The molecule has 0 bridgehead atoms. The van der Waals surface area contributed by atoms with Crippen molar-refractivity contribution in [3.05, 3.63) is 95.1 Å². The average Bonchev–Trinajstić information content (AvgIpc) is 3.08. The molecule has 4 rings (SSSR count). The maximum absolute atomic E-state index is 13.2. The highest BCUT2D eigenvalue weighted by Gasteiger charge is 2.46. The summed E-state index contributed by atoms with van der Waals surface area (Å²) < 4.78 is 5.78. The number of benzene rings is 1. The lowest BCUT2D eigenvalue weighted by Crippen LogP contribution is -2.29. The summed E-state index contributed by atoms with van der Waals surface area (Å²) in [5.41, 5.74) is 2.78. The Labute approximate surface area is 198 Å². The minimum Gasteiger partial charge on any atom is -0.507 e. The Balaban J connectivity index is 1.78. The van der Waals surface area contributed by atoms with Crippen molar-refractivity contribution in [2.75, 3.05) is 6.61 Å². The number of amides is 1. The van der Waals surface area contributed by atoms with E-state index < -0.39 is 17.7 Å². The molecule has 1 amide bonds. The van der Waals surface area contributed by atoms with Crippen LogP contribution in [0.1, 0.15) is 42.1 Å². The number of carbonyl (C=O) groups is 2. The number of nitrogens with zero attached hydrogens (tertiary/aromatic N) is 2. The van der Waals surface area contributed by atoms with Crippen LogP contribution in [0.3, 0.4) is 0 Å². The van der Waals surface area contributed by atoms with E-state index >= 15 is 0 Å². The third-order valence-corrected chi connectivity index (χ3v) is 5.70. The van der Waals surface area contributed by atoms with E-state index in [0.29, 0.717) is 29.4 Å². The second-order valence-corrected chi connectivity index (χ2v) is 8.81. The molecule has 0 radical (unpaired) electrons. The summed E-state index contributed by atoms with van der Waals surface area (Å²) in [5, 5.41) is 11.3. The van der Waals surface area contributed by atoms with Crippen LogP contribution >= 0.6 is 0 Å². The van der Waals surface area contributed by atoms with Crippen LogP contribution in [-0.4, -0.2) is 33.3 Å². The van der Waals surface area contributed by atoms with E-state index in [0.717, 1.165) is 11.1 Å². The fourth-order valence-electron chi connectivity index (χ4n) is 4.05. The number of rotatable bonds is 7. The molecular weight excluding hydrogens is 430 g/mol. The lowest BCUT2D eigenvalue weighted by Gasteiger charge is -2.24. The normalized spacial score (nSPS) is 17.4. The van der Waals surface area contributed by atoms with Gasteiger partial charge in [-0.3, -0.25) is 14.6 Å². The summed E-state index contributed by atoms with van der Waals surface area (Å²) in [6.45, 7) is 6.75. The minimum atomic E-state index is -0.742. The number of aliphatic hydroxyl groups excluding tert-OH is 1. The van der Waals surface area contributed by atoms with Gasteiger partial charge >= 0.3 is 0 Å². The van der Waals surface area contributed by atoms with Crippen LogP contribution in [0.5, 0.6) is 5.75 Å². The van der Waals surface area contributed by atoms with Crippen LogP contribution in [-0.2, 0) is 16.1 Å². The van der Waals surface area contributed by atoms with Crippen LogP contribution in [0.25, 0.3) is 5.76 Å². The molecule has 1 atom stereocenters. The van der Waals surface area contributed by atoms with E-state index in [-0.39, 0.29) is 17.9 Å². The summed E-state index contributed by atoms with van der Waals surface area (Å²) in [6.07, 6.45) is 6.79. The number of aryl methyl sites for hydroxylation is 1. The molecule has 7 nitrogen and oxygen atoms in total. The molecule has 2 N–H and O–H groups in total. The van der Waals surface area contributed by atoms with E-state index in [9.17, 15) is 14.7 Å². The van der Waals surface area contributed by atoms with Gasteiger partial charge in [-0.2, -0.15) is 0 Å². The molecule has 0 aliphatic carbocycles. The number of H-pyrrole nitrogens is 1. The zero-order valence-corrected chi connectivity index (χ0v) is 19.5. The third kappa shape index (κ3) is 4.69. The summed E-state index contributed by atoms with van der Waals surface area (Å²) in [5.74, 6) is -0.502. The zero-order valence-electron chi connectivity index (χ0n) is 19.5. The Morgan fingerprint density at radius 2 is 2.03 bits per heavy atom. The molecule has 1 aromatic carbocycles. The Bertz CT molecular complexity index is 1220. The van der Waals surface area contributed by atoms with Crippen molar-refractivity contribution in [3.63, 3.8) is 0 Å². The van der Waals surface area contributed by atoms with Crippen LogP contribution in [0.15, 0.2) is 72.8 Å². The lowest BCUT2D eigenvalue weighted by molar-refractivity contribution is -0.379. The molecule has 1 saturated heterocycles. The largest absolute Gasteiger partial charge is 0.507 e. The minimum absolute atomic E-state index is 0.0624. The molecule has 34 heavy (non-hydrogen) atoms. The number of hydrogen-bond donors (Lipinski definition) is 1. The van der Waals surface area contributed by atoms with Gasteiger partial charge in [-0.1, -0.05) is 19.9 Å². The highest BCUT2D eigenvalue weighted by molar-refractivity contribution is 6.46. The van der Waals surface area contributed by atoms with Gasteiger partial charge < -0.3 is 14.7 Å². The molecular formula is C27H28N3O4+. The fourth-order valence-corrected chi connectivity index (χ4v) is 4.05. The number of ether oxygens (including phenoxy) is 1. The van der Waals surface area contributed by atoms with Gasteiger partial charge in [0.1, 0.15) is 11.5 Å². The van der Waals surface area contributed by atoms with Crippen LogP contribution in [0, 0.1) is 12.8 Å². The molecule has 0 saturated carbocycles. The molecule has 3 aromatic rings. The zero-order chi connectivity index (χ0) is 24.2. The molecule has 1 aliphatic heterocycles. The number of hydrogen-bond acceptors (Lipinski definition) is 5. The van der Waals surface area contributed by atoms with Crippen molar-refractivity contribution in [3.8, 4) is 5.75 Å². The van der Waals surface area contributed by atoms with Crippen LogP contribution in [0.4, 0.5) is 0 Å². The van der Waals surface area contributed by atoms with Crippen molar-refractivity contribution in [2.45, 2.75) is 33.4 Å². The molecule has 3 heterocycles. The smallest absolute Gasteiger partial charge is 0.295 e. The molecule has 1 unspecified atom stereocenters. The van der Waals surface area contributed by atoms with Gasteiger partial charge in [-0.05, 0) is 54.3 Å². The Morgan fingerprint density at radius 1 is 1.21 bits per heavy atom. The van der Waals surface area contributed by atoms with Gasteiger partial charge in [0.05, 0.1) is 18.2 Å². The summed E-state index contributed by atoms with van der Waals surface area (Å²) in [6, 6.07) is 11.8. The van der Waals surface area contributed by atoms with Crippen LogP contribution < -0.4 is 9.72 Å². The summed E-state index contributed by atoms with van der Waals surface area (Å²) in [7, 11) is 0. The van der Waals surface area contributed by atoms with Gasteiger partial charge in [0.2, 0.25) is 0 Å². The van der Waals surface area contributed by atoms with Gasteiger partial charge in [0.15, 0.2) is 12.4 Å². The van der Waals surface area contributed by atoms with Crippen molar-refractivity contribution < 1.29 is 24.4 Å². The van der Waals surface area contributed by atoms with Gasteiger partial charge in [-0.15, -0.1) is 0 Å². The summed E-state index contributed by atoms with van der Waals surface area (Å²) in [4.78, 5) is 34.9. The van der Waals surface area contributed by atoms with Gasteiger partial charge in [-0.25, -0.2) is 4.98 Å². The predicted molar refractivity (Wildman–Crippen MR) is 127 cm³/mol. The second-order valence-electron chi connectivity index (χ2n) is 8.81. The average molecular weight is 459 g/mol. The first-order chi connectivity index (χ1) is 16.4. The topological polar surface area (TPSA) is 93.9 Å². The first-order valence-corrected chi connectivity index (χ1v) is 11.2. The fraction of sp³-hybridized carbons (Fsp3) is 0.259. The second kappa shape index (κ2) is 9.87. The maximum Gasteiger partial charge on any atom is 0.295 e. The highest BCUT2D eigenvalue weighted by atomic mass is 16.5. The number of aromatic amines is 1. The first kappa shape index (κ1) is 23.2. The monoisotopic (exact) mass is 458 g/mol. The number of aromatic nitrogens is 2. The van der Waals surface area contributed by atoms with Crippen molar-refractivity contribution in [2.24, 2.45) is 5.92 Å².